The lowest BCUT2D eigenvalue weighted by Gasteiger charge is -2.28. The van der Waals surface area contributed by atoms with E-state index in [1.54, 1.807) is 33.2 Å². The third-order valence-electron chi connectivity index (χ3n) is 4.44. The molecular weight excluding hydrogens is 358 g/mol. The molecule has 2 amide bonds. The lowest BCUT2D eigenvalue weighted by Crippen LogP contribution is -2.38. The van der Waals surface area contributed by atoms with E-state index in [-0.39, 0.29) is 11.8 Å². The first-order valence-corrected chi connectivity index (χ1v) is 9.21. The summed E-state index contributed by atoms with van der Waals surface area (Å²) in [6.07, 6.45) is -1.03. The highest BCUT2D eigenvalue weighted by atomic mass is 16.5. The van der Waals surface area contributed by atoms with Crippen molar-refractivity contribution in [3.8, 4) is 11.5 Å². The Morgan fingerprint density at radius 3 is 2.61 bits per heavy atom. The first kappa shape index (κ1) is 19.5. The summed E-state index contributed by atoms with van der Waals surface area (Å²) >= 11 is 0. The molecule has 0 spiro atoms. The standard InChI is InChI=1S/C21H25N3O4/c1-5-27-18-12-14(10-11-17(18)28-13(2)21(26)24(3)4)19-22-16-9-7-6-8-15(16)20(25)23-19/h6-13,19,22H,5H2,1-4H3,(H,23,25)/t13-,19-/m1/s1. The lowest BCUT2D eigenvalue weighted by atomic mass is 10.1. The van der Waals surface area contributed by atoms with Gasteiger partial charge < -0.3 is 25.0 Å². The van der Waals surface area contributed by atoms with Gasteiger partial charge in [0.15, 0.2) is 17.6 Å². The lowest BCUT2D eigenvalue weighted by molar-refractivity contribution is -0.135. The second-order valence-electron chi connectivity index (χ2n) is 6.73. The third kappa shape index (κ3) is 4.03. The largest absolute Gasteiger partial charge is 0.490 e. The molecule has 1 aliphatic rings. The topological polar surface area (TPSA) is 79.9 Å². The molecule has 0 saturated heterocycles. The van der Waals surface area contributed by atoms with Gasteiger partial charge >= 0.3 is 0 Å². The molecule has 7 nitrogen and oxygen atoms in total. The first-order valence-electron chi connectivity index (χ1n) is 9.21. The molecule has 148 valence electrons. The van der Waals surface area contributed by atoms with Crippen molar-refractivity contribution in [2.45, 2.75) is 26.1 Å². The third-order valence-corrected chi connectivity index (χ3v) is 4.44. The Hall–Kier alpha value is -3.22. The maximum atomic E-state index is 12.4. The molecule has 3 rings (SSSR count). The quantitative estimate of drug-likeness (QED) is 0.802. The summed E-state index contributed by atoms with van der Waals surface area (Å²) in [5, 5.41) is 6.26. The van der Waals surface area contributed by atoms with Gasteiger partial charge in [0.2, 0.25) is 0 Å². The SMILES string of the molecule is CCOc1cc([C@H]2NC(=O)c3ccccc3N2)ccc1O[C@H](C)C(=O)N(C)C. The molecule has 7 heteroatoms. The molecule has 2 aromatic carbocycles. The minimum Gasteiger partial charge on any atom is -0.490 e. The zero-order valence-electron chi connectivity index (χ0n) is 16.5. The maximum Gasteiger partial charge on any atom is 0.262 e. The van der Waals surface area contributed by atoms with Crippen molar-refractivity contribution in [3.63, 3.8) is 0 Å². The van der Waals surface area contributed by atoms with E-state index >= 15 is 0 Å². The number of rotatable bonds is 6. The van der Waals surface area contributed by atoms with Gasteiger partial charge in [-0.1, -0.05) is 18.2 Å². The number of hydrogen-bond donors (Lipinski definition) is 2. The van der Waals surface area contributed by atoms with Gasteiger partial charge in [0.1, 0.15) is 6.17 Å². The Balaban J connectivity index is 1.85. The number of fused-ring (bicyclic) bond motifs is 1. The number of nitrogens with one attached hydrogen (secondary N) is 2. The van der Waals surface area contributed by atoms with Gasteiger partial charge in [-0.15, -0.1) is 0 Å². The molecule has 1 heterocycles. The van der Waals surface area contributed by atoms with Crippen LogP contribution in [0.15, 0.2) is 42.5 Å². The second-order valence-corrected chi connectivity index (χ2v) is 6.73. The van der Waals surface area contributed by atoms with Gasteiger partial charge in [-0.3, -0.25) is 9.59 Å². The van der Waals surface area contributed by atoms with E-state index < -0.39 is 12.3 Å². The van der Waals surface area contributed by atoms with Crippen molar-refractivity contribution < 1.29 is 19.1 Å². The van der Waals surface area contributed by atoms with E-state index in [1.165, 1.54) is 4.90 Å². The first-order chi connectivity index (χ1) is 13.4. The Bertz CT molecular complexity index is 882. The average Bonchev–Trinajstić information content (AvgIpc) is 2.68. The van der Waals surface area contributed by atoms with Crippen molar-refractivity contribution in [2.24, 2.45) is 0 Å². The number of likely N-dealkylation sites (N-methyl/N-ethyl adjacent to an activating group) is 1. The molecule has 0 aromatic heterocycles. The number of para-hydroxylation sites is 1. The highest BCUT2D eigenvalue weighted by molar-refractivity contribution is 6.01. The van der Waals surface area contributed by atoms with Gasteiger partial charge in [-0.25, -0.2) is 0 Å². The van der Waals surface area contributed by atoms with Crippen molar-refractivity contribution in [1.29, 1.82) is 0 Å². The molecule has 0 bridgehead atoms. The zero-order chi connectivity index (χ0) is 20.3. The molecule has 0 unspecified atom stereocenters. The summed E-state index contributed by atoms with van der Waals surface area (Å²) in [7, 11) is 3.37. The van der Waals surface area contributed by atoms with Gasteiger partial charge in [-0.2, -0.15) is 0 Å². The van der Waals surface area contributed by atoms with Crippen LogP contribution in [-0.4, -0.2) is 43.5 Å². The normalized spacial score (nSPS) is 16.3. The second kappa shape index (κ2) is 8.21. The Morgan fingerprint density at radius 2 is 1.89 bits per heavy atom. The van der Waals surface area contributed by atoms with Crippen LogP contribution in [0.2, 0.25) is 0 Å². The summed E-state index contributed by atoms with van der Waals surface area (Å²) in [5.41, 5.74) is 2.21. The molecule has 0 fully saturated rings. The molecule has 2 aromatic rings. The van der Waals surface area contributed by atoms with Crippen LogP contribution >= 0.6 is 0 Å². The summed E-state index contributed by atoms with van der Waals surface area (Å²) < 4.78 is 11.5. The zero-order valence-corrected chi connectivity index (χ0v) is 16.5. The van der Waals surface area contributed by atoms with E-state index in [1.807, 2.05) is 37.3 Å². The van der Waals surface area contributed by atoms with Crippen LogP contribution in [0.25, 0.3) is 0 Å². The Morgan fingerprint density at radius 1 is 1.14 bits per heavy atom. The number of hydrogen-bond acceptors (Lipinski definition) is 5. The van der Waals surface area contributed by atoms with Crippen LogP contribution in [0.1, 0.15) is 35.9 Å². The van der Waals surface area contributed by atoms with Gasteiger partial charge in [0.25, 0.3) is 11.8 Å². The monoisotopic (exact) mass is 383 g/mol. The van der Waals surface area contributed by atoms with Crippen LogP contribution < -0.4 is 20.1 Å². The number of carbonyl (C=O) groups is 2. The van der Waals surface area contributed by atoms with E-state index in [2.05, 4.69) is 10.6 Å². The number of carbonyl (C=O) groups excluding carboxylic acids is 2. The maximum absolute atomic E-state index is 12.4. The molecule has 0 saturated carbocycles. The summed E-state index contributed by atoms with van der Waals surface area (Å²) in [5.74, 6) is 0.733. The summed E-state index contributed by atoms with van der Waals surface area (Å²) in [6, 6.07) is 12.8. The highest BCUT2D eigenvalue weighted by Gasteiger charge is 2.25. The van der Waals surface area contributed by atoms with Gasteiger partial charge in [0, 0.05) is 19.8 Å². The predicted molar refractivity (Wildman–Crippen MR) is 107 cm³/mol. The van der Waals surface area contributed by atoms with E-state index in [0.717, 1.165) is 11.3 Å². The number of ether oxygens (including phenoxy) is 2. The summed E-state index contributed by atoms with van der Waals surface area (Å²) in [4.78, 5) is 26.0. The molecule has 2 N–H and O–H groups in total. The predicted octanol–water partition coefficient (Wildman–Crippen LogP) is 2.79. The Labute approximate surface area is 164 Å². The Kier molecular flexibility index (Phi) is 5.73. The van der Waals surface area contributed by atoms with E-state index in [4.69, 9.17) is 9.47 Å². The minimum absolute atomic E-state index is 0.135. The number of nitrogens with zero attached hydrogens (tertiary/aromatic N) is 1. The molecule has 2 atom stereocenters. The molecule has 1 aliphatic heterocycles. The number of amides is 2. The fraction of sp³-hybridized carbons (Fsp3) is 0.333. The average molecular weight is 383 g/mol. The van der Waals surface area contributed by atoms with Gasteiger partial charge in [0.05, 0.1) is 12.2 Å². The van der Waals surface area contributed by atoms with Crippen LogP contribution in [0.5, 0.6) is 11.5 Å². The van der Waals surface area contributed by atoms with Crippen molar-refractivity contribution in [2.75, 3.05) is 26.0 Å². The van der Waals surface area contributed by atoms with Crippen molar-refractivity contribution in [1.82, 2.24) is 10.2 Å². The molecule has 28 heavy (non-hydrogen) atoms. The van der Waals surface area contributed by atoms with Crippen molar-refractivity contribution in [3.05, 3.63) is 53.6 Å². The fourth-order valence-electron chi connectivity index (χ4n) is 3.05. The van der Waals surface area contributed by atoms with Crippen molar-refractivity contribution >= 4 is 17.5 Å². The van der Waals surface area contributed by atoms with Crippen LogP contribution in [0, 0.1) is 0 Å². The van der Waals surface area contributed by atoms with Gasteiger partial charge in [-0.05, 0) is 43.7 Å². The fourth-order valence-corrected chi connectivity index (χ4v) is 3.05. The van der Waals surface area contributed by atoms with Crippen LogP contribution in [-0.2, 0) is 4.79 Å². The smallest absolute Gasteiger partial charge is 0.262 e. The van der Waals surface area contributed by atoms with E-state index in [0.29, 0.717) is 23.7 Å². The minimum atomic E-state index is -0.639. The molecule has 0 aliphatic carbocycles. The summed E-state index contributed by atoms with van der Waals surface area (Å²) in [6.45, 7) is 4.02. The molecular formula is C21H25N3O4. The number of benzene rings is 2. The van der Waals surface area contributed by atoms with Crippen LogP contribution in [0.4, 0.5) is 5.69 Å². The molecule has 0 radical (unpaired) electrons. The highest BCUT2D eigenvalue weighted by Crippen LogP contribution is 2.33. The number of anilines is 1. The van der Waals surface area contributed by atoms with Crippen LogP contribution in [0.3, 0.4) is 0 Å². The van der Waals surface area contributed by atoms with E-state index in [9.17, 15) is 9.59 Å².